The van der Waals surface area contributed by atoms with E-state index in [1.165, 1.54) is 11.3 Å². The molecule has 1 aliphatic heterocycles. The fourth-order valence-electron chi connectivity index (χ4n) is 2.78. The number of amides is 1. The molecule has 3 rings (SSSR count). The number of carbonyl (C=O) groups is 1. The lowest BCUT2D eigenvalue weighted by Crippen LogP contribution is -2.46. The van der Waals surface area contributed by atoms with Crippen LogP contribution < -0.4 is 5.73 Å². The van der Waals surface area contributed by atoms with Crippen molar-refractivity contribution in [2.75, 3.05) is 25.9 Å². The maximum Gasteiger partial charge on any atom is 0.266 e. The second-order valence-electron chi connectivity index (χ2n) is 5.49. The normalized spacial score (nSPS) is 22.7. The average molecular weight is 305 g/mol. The van der Waals surface area contributed by atoms with Crippen LogP contribution in [0.3, 0.4) is 0 Å². The first-order valence-corrected chi connectivity index (χ1v) is 7.88. The molecule has 2 unspecified atom stereocenters. The van der Waals surface area contributed by atoms with Crippen LogP contribution in [0.1, 0.15) is 23.0 Å². The third-order valence-corrected chi connectivity index (χ3v) is 5.30. The quantitative estimate of drug-likeness (QED) is 0.925. The van der Waals surface area contributed by atoms with Gasteiger partial charge in [0.25, 0.3) is 5.91 Å². The van der Waals surface area contributed by atoms with Gasteiger partial charge in [0, 0.05) is 26.4 Å². The summed E-state index contributed by atoms with van der Waals surface area (Å²) in [5, 5.41) is 0. The Bertz CT molecular complexity index is 670. The van der Waals surface area contributed by atoms with E-state index in [-0.39, 0.29) is 12.0 Å². The minimum absolute atomic E-state index is 0.00977. The highest BCUT2D eigenvalue weighted by atomic mass is 32.1. The number of likely N-dealkylation sites (tertiary alicyclic amines) is 1. The van der Waals surface area contributed by atoms with Gasteiger partial charge in [0.05, 0.1) is 16.5 Å². The summed E-state index contributed by atoms with van der Waals surface area (Å²) >= 11 is 1.42. The van der Waals surface area contributed by atoms with E-state index in [9.17, 15) is 4.79 Å². The smallest absolute Gasteiger partial charge is 0.266 e. The van der Waals surface area contributed by atoms with E-state index in [0.29, 0.717) is 23.0 Å². The van der Waals surface area contributed by atoms with Crippen molar-refractivity contribution < 1.29 is 9.53 Å². The second-order valence-corrected chi connectivity index (χ2v) is 6.54. The SMILES string of the molecule is COC1CN(C(=O)c2sc3cccnc3c2N)CCC1C. The molecule has 0 aromatic carbocycles. The summed E-state index contributed by atoms with van der Waals surface area (Å²) in [6.45, 7) is 3.53. The number of rotatable bonds is 2. The number of pyridine rings is 1. The van der Waals surface area contributed by atoms with Crippen LogP contribution in [-0.2, 0) is 4.74 Å². The maximum atomic E-state index is 12.7. The van der Waals surface area contributed by atoms with Gasteiger partial charge < -0.3 is 15.4 Å². The number of hydrogen-bond acceptors (Lipinski definition) is 5. The Kier molecular flexibility index (Phi) is 3.82. The van der Waals surface area contributed by atoms with Crippen LogP contribution in [0.15, 0.2) is 18.3 Å². The summed E-state index contributed by atoms with van der Waals surface area (Å²) in [7, 11) is 1.70. The maximum absolute atomic E-state index is 12.7. The van der Waals surface area contributed by atoms with Crippen LogP contribution in [0, 0.1) is 5.92 Å². The third-order valence-electron chi connectivity index (χ3n) is 4.16. The monoisotopic (exact) mass is 305 g/mol. The highest BCUT2D eigenvalue weighted by molar-refractivity contribution is 7.21. The Hall–Kier alpha value is -1.66. The Morgan fingerprint density at radius 3 is 3.10 bits per heavy atom. The first-order chi connectivity index (χ1) is 10.1. The van der Waals surface area contributed by atoms with Gasteiger partial charge in [-0.1, -0.05) is 6.92 Å². The number of fused-ring (bicyclic) bond motifs is 1. The molecule has 1 saturated heterocycles. The number of nitrogen functional groups attached to an aromatic ring is 1. The minimum atomic E-state index is -0.00977. The largest absolute Gasteiger partial charge is 0.396 e. The van der Waals surface area contributed by atoms with Crippen LogP contribution in [0.25, 0.3) is 10.2 Å². The van der Waals surface area contributed by atoms with Gasteiger partial charge >= 0.3 is 0 Å². The molecule has 5 nitrogen and oxygen atoms in total. The summed E-state index contributed by atoms with van der Waals surface area (Å²) in [5.41, 5.74) is 7.33. The number of thiophene rings is 1. The molecule has 112 valence electrons. The number of methoxy groups -OCH3 is 1. The first kappa shape index (κ1) is 14.3. The lowest BCUT2D eigenvalue weighted by atomic mass is 9.95. The second kappa shape index (κ2) is 5.61. The first-order valence-electron chi connectivity index (χ1n) is 7.07. The fourth-order valence-corrected chi connectivity index (χ4v) is 3.82. The lowest BCUT2D eigenvalue weighted by molar-refractivity contribution is -0.00135. The van der Waals surface area contributed by atoms with E-state index in [1.54, 1.807) is 13.3 Å². The Labute approximate surface area is 127 Å². The van der Waals surface area contributed by atoms with Gasteiger partial charge in [-0.2, -0.15) is 0 Å². The molecule has 0 spiro atoms. The molecule has 6 heteroatoms. The standard InChI is InChI=1S/C15H19N3O2S/c1-9-5-7-18(8-10(9)20-2)15(19)14-12(16)13-11(21-14)4-3-6-17-13/h3-4,6,9-10H,5,7-8,16H2,1-2H3. The van der Waals surface area contributed by atoms with E-state index < -0.39 is 0 Å². The van der Waals surface area contributed by atoms with Gasteiger partial charge in [-0.3, -0.25) is 9.78 Å². The number of nitrogens with two attached hydrogens (primary N) is 1. The molecule has 1 aliphatic rings. The molecule has 2 aromatic heterocycles. The molecule has 0 aliphatic carbocycles. The zero-order chi connectivity index (χ0) is 15.0. The van der Waals surface area contributed by atoms with Crippen LogP contribution >= 0.6 is 11.3 Å². The number of anilines is 1. The molecule has 2 aromatic rings. The number of hydrogen-bond donors (Lipinski definition) is 1. The summed E-state index contributed by atoms with van der Waals surface area (Å²) in [6, 6.07) is 3.80. The number of nitrogens with zero attached hydrogens (tertiary/aromatic N) is 2. The summed E-state index contributed by atoms with van der Waals surface area (Å²) in [6.07, 6.45) is 2.74. The van der Waals surface area contributed by atoms with Crippen molar-refractivity contribution in [3.63, 3.8) is 0 Å². The Balaban J connectivity index is 1.88. The van der Waals surface area contributed by atoms with Crippen molar-refractivity contribution in [1.29, 1.82) is 0 Å². The lowest BCUT2D eigenvalue weighted by Gasteiger charge is -2.36. The molecular formula is C15H19N3O2S. The van der Waals surface area contributed by atoms with Gasteiger partial charge in [0.1, 0.15) is 10.4 Å². The predicted octanol–water partition coefficient (Wildman–Crippen LogP) is 2.38. The molecule has 1 amide bonds. The number of ether oxygens (including phenoxy) is 1. The van der Waals surface area contributed by atoms with E-state index >= 15 is 0 Å². The highest BCUT2D eigenvalue weighted by Gasteiger charge is 2.31. The number of piperidine rings is 1. The van der Waals surface area contributed by atoms with E-state index in [2.05, 4.69) is 11.9 Å². The highest BCUT2D eigenvalue weighted by Crippen LogP contribution is 2.33. The molecule has 2 atom stereocenters. The molecular weight excluding hydrogens is 286 g/mol. The average Bonchev–Trinajstić information content (AvgIpc) is 2.85. The Morgan fingerprint density at radius 2 is 2.38 bits per heavy atom. The van der Waals surface area contributed by atoms with Gasteiger partial charge in [0.15, 0.2) is 0 Å². The van der Waals surface area contributed by atoms with E-state index in [0.717, 1.165) is 23.2 Å². The molecule has 1 fully saturated rings. The minimum Gasteiger partial charge on any atom is -0.396 e. The van der Waals surface area contributed by atoms with Gasteiger partial charge in [-0.05, 0) is 24.5 Å². The van der Waals surface area contributed by atoms with Crippen molar-refractivity contribution in [2.45, 2.75) is 19.4 Å². The zero-order valence-electron chi connectivity index (χ0n) is 12.2. The van der Waals surface area contributed by atoms with E-state index in [1.807, 2.05) is 17.0 Å². The molecule has 2 N–H and O–H groups in total. The molecule has 21 heavy (non-hydrogen) atoms. The van der Waals surface area contributed by atoms with Gasteiger partial charge in [0.2, 0.25) is 0 Å². The van der Waals surface area contributed by atoms with Gasteiger partial charge in [-0.15, -0.1) is 11.3 Å². The van der Waals surface area contributed by atoms with Gasteiger partial charge in [-0.25, -0.2) is 0 Å². The molecule has 3 heterocycles. The van der Waals surface area contributed by atoms with Crippen LogP contribution in [0.2, 0.25) is 0 Å². The van der Waals surface area contributed by atoms with Crippen molar-refractivity contribution in [3.05, 3.63) is 23.2 Å². The van der Waals surface area contributed by atoms with Crippen molar-refractivity contribution in [2.24, 2.45) is 5.92 Å². The van der Waals surface area contributed by atoms with Crippen molar-refractivity contribution in [3.8, 4) is 0 Å². The number of aromatic nitrogens is 1. The van der Waals surface area contributed by atoms with E-state index in [4.69, 9.17) is 10.5 Å². The van der Waals surface area contributed by atoms with Crippen molar-refractivity contribution in [1.82, 2.24) is 9.88 Å². The van der Waals surface area contributed by atoms with Crippen molar-refractivity contribution >= 4 is 33.1 Å². The molecule has 0 radical (unpaired) electrons. The molecule has 0 bridgehead atoms. The summed E-state index contributed by atoms with van der Waals surface area (Å²) in [4.78, 5) is 19.4. The molecule has 0 saturated carbocycles. The Morgan fingerprint density at radius 1 is 1.57 bits per heavy atom. The predicted molar refractivity (Wildman–Crippen MR) is 84.5 cm³/mol. The van der Waals surface area contributed by atoms with Crippen LogP contribution in [0.4, 0.5) is 5.69 Å². The van der Waals surface area contributed by atoms with Crippen LogP contribution in [0.5, 0.6) is 0 Å². The third kappa shape index (κ3) is 2.49. The summed E-state index contributed by atoms with van der Waals surface area (Å²) < 4.78 is 6.43. The van der Waals surface area contributed by atoms with Crippen LogP contribution in [-0.4, -0.2) is 42.1 Å². The zero-order valence-corrected chi connectivity index (χ0v) is 13.0. The topological polar surface area (TPSA) is 68.5 Å². The number of carbonyl (C=O) groups excluding carboxylic acids is 1. The fraction of sp³-hybridized carbons (Fsp3) is 0.467. The summed E-state index contributed by atoms with van der Waals surface area (Å²) in [5.74, 6) is 0.463.